The van der Waals surface area contributed by atoms with E-state index in [1.807, 2.05) is 4.98 Å². The minimum atomic E-state index is -4.77. The van der Waals surface area contributed by atoms with Crippen molar-refractivity contribution in [2.24, 2.45) is 0 Å². The van der Waals surface area contributed by atoms with Crippen LogP contribution in [0.2, 0.25) is 0 Å². The first-order valence-corrected chi connectivity index (χ1v) is 7.48. The quantitative estimate of drug-likeness (QED) is 0.743. The van der Waals surface area contributed by atoms with Crippen LogP contribution in [0.1, 0.15) is 38.0 Å². The fourth-order valence-corrected chi connectivity index (χ4v) is 2.37. The molecule has 8 nitrogen and oxygen atoms in total. The van der Waals surface area contributed by atoms with E-state index in [-0.39, 0.29) is 18.4 Å². The number of hydrogen-bond acceptors (Lipinski definition) is 6. The number of aliphatic hydroxyl groups excluding tert-OH is 1. The summed E-state index contributed by atoms with van der Waals surface area (Å²) in [6, 6.07) is 0. The zero-order valence-corrected chi connectivity index (χ0v) is 13.4. The molecule has 0 aromatic carbocycles. The number of H-pyrrole nitrogens is 1. The van der Waals surface area contributed by atoms with Crippen LogP contribution in [0.4, 0.5) is 13.2 Å². The van der Waals surface area contributed by atoms with Crippen molar-refractivity contribution in [2.75, 3.05) is 0 Å². The molecule has 1 aliphatic rings. The lowest BCUT2D eigenvalue weighted by Crippen LogP contribution is -2.53. The van der Waals surface area contributed by atoms with Crippen molar-refractivity contribution in [3.05, 3.63) is 32.6 Å². The van der Waals surface area contributed by atoms with Crippen LogP contribution >= 0.6 is 0 Å². The Hall–Kier alpha value is -2.14. The summed E-state index contributed by atoms with van der Waals surface area (Å²) < 4.78 is 51.7. The van der Waals surface area contributed by atoms with Crippen LogP contribution in [0.25, 0.3) is 0 Å². The predicted octanol–water partition coefficient (Wildman–Crippen LogP) is 0.727. The number of alkyl halides is 3. The van der Waals surface area contributed by atoms with Gasteiger partial charge in [0, 0.05) is 24.6 Å². The van der Waals surface area contributed by atoms with E-state index < -0.39 is 47.9 Å². The van der Waals surface area contributed by atoms with Crippen LogP contribution in [0.3, 0.4) is 0 Å². The normalized spacial score (nSPS) is 26.6. The summed E-state index contributed by atoms with van der Waals surface area (Å²) in [7, 11) is 0. The molecule has 2 N–H and O–H groups in total. The Labute approximate surface area is 139 Å². The molecule has 11 heteroatoms. The third-order valence-electron chi connectivity index (χ3n) is 3.71. The molecule has 0 bridgehead atoms. The van der Waals surface area contributed by atoms with E-state index in [1.54, 1.807) is 0 Å². The average Bonchev–Trinajstić information content (AvgIpc) is 2.80. The van der Waals surface area contributed by atoms with E-state index in [2.05, 4.69) is 9.47 Å². The molecular formula is C14H17F3N2O6. The third-order valence-corrected chi connectivity index (χ3v) is 3.71. The van der Waals surface area contributed by atoms with Gasteiger partial charge in [0.1, 0.15) is 12.3 Å². The first kappa shape index (κ1) is 19.2. The number of aryl methyl sites for hydroxylation is 1. The van der Waals surface area contributed by atoms with E-state index in [0.29, 0.717) is 4.57 Å². The largest absolute Gasteiger partial charge is 0.464 e. The molecule has 0 radical (unpaired) electrons. The summed E-state index contributed by atoms with van der Waals surface area (Å²) in [5.41, 5.74) is -1.68. The second kappa shape index (κ2) is 6.64. The first-order chi connectivity index (χ1) is 11.5. The van der Waals surface area contributed by atoms with Gasteiger partial charge in [0.05, 0.1) is 0 Å². The molecule has 0 spiro atoms. The van der Waals surface area contributed by atoms with Gasteiger partial charge in [-0.25, -0.2) is 4.79 Å². The first-order valence-electron chi connectivity index (χ1n) is 7.48. The van der Waals surface area contributed by atoms with E-state index in [9.17, 15) is 32.7 Å². The number of aliphatic hydroxyl groups is 1. The van der Waals surface area contributed by atoms with Gasteiger partial charge in [-0.2, -0.15) is 13.2 Å². The van der Waals surface area contributed by atoms with Gasteiger partial charge in [-0.05, 0) is 13.3 Å². The monoisotopic (exact) mass is 366 g/mol. The molecule has 1 fully saturated rings. The van der Waals surface area contributed by atoms with Gasteiger partial charge in [-0.3, -0.25) is 19.1 Å². The molecular weight excluding hydrogens is 349 g/mol. The van der Waals surface area contributed by atoms with Crippen LogP contribution < -0.4 is 11.2 Å². The summed E-state index contributed by atoms with van der Waals surface area (Å²) in [6.45, 7) is 2.87. The highest BCUT2D eigenvalue weighted by molar-refractivity contribution is 5.69. The highest BCUT2D eigenvalue weighted by Crippen LogP contribution is 2.47. The van der Waals surface area contributed by atoms with Crippen molar-refractivity contribution in [1.82, 2.24) is 9.55 Å². The standard InChI is InChI=1S/C14H17F3N2O6/c1-3-4-10(21)25-14(16,17)13(15)8(20)5-9(24-13)19-6-7(2)11(22)18-12(19)23/h6,8-9,20H,3-5H2,1-2H3,(H,18,22,23)/t8-,9+,13-/m0/s1. The minimum absolute atomic E-state index is 0.0511. The van der Waals surface area contributed by atoms with E-state index >= 15 is 0 Å². The van der Waals surface area contributed by atoms with Gasteiger partial charge in [-0.1, -0.05) is 6.92 Å². The van der Waals surface area contributed by atoms with Gasteiger partial charge in [-0.15, -0.1) is 0 Å². The van der Waals surface area contributed by atoms with Crippen molar-refractivity contribution >= 4 is 5.97 Å². The topological polar surface area (TPSA) is 111 Å². The Bertz CT molecular complexity index is 777. The molecule has 0 saturated carbocycles. The Kier molecular flexibility index (Phi) is 5.09. The number of halogens is 3. The molecule has 0 unspecified atom stereocenters. The van der Waals surface area contributed by atoms with Gasteiger partial charge >= 0.3 is 23.6 Å². The summed E-state index contributed by atoms with van der Waals surface area (Å²) in [5.74, 6) is -5.40. The summed E-state index contributed by atoms with van der Waals surface area (Å²) in [5, 5.41) is 9.71. The second-order valence-electron chi connectivity index (χ2n) is 5.69. The number of ether oxygens (including phenoxy) is 2. The summed E-state index contributed by atoms with van der Waals surface area (Å²) >= 11 is 0. The maximum absolute atomic E-state index is 14.6. The number of rotatable bonds is 5. The number of aromatic nitrogens is 2. The van der Waals surface area contributed by atoms with Crippen LogP contribution in [0.15, 0.2) is 15.8 Å². The molecule has 1 aromatic heterocycles. The van der Waals surface area contributed by atoms with E-state index in [4.69, 9.17) is 0 Å². The molecule has 0 amide bonds. The maximum Gasteiger partial charge on any atom is 0.464 e. The predicted molar refractivity (Wildman–Crippen MR) is 76.6 cm³/mol. The number of hydrogen-bond donors (Lipinski definition) is 2. The number of carbonyl (C=O) groups excluding carboxylic acids is 1. The maximum atomic E-state index is 14.6. The summed E-state index contributed by atoms with van der Waals surface area (Å²) in [4.78, 5) is 36.2. The SMILES string of the molecule is CCCC(=O)OC(F)(F)[C@@]1(F)O[C@@H](n2cc(C)c(=O)[nH]c2=O)C[C@@H]1O. The Morgan fingerprint density at radius 2 is 2.20 bits per heavy atom. The van der Waals surface area contributed by atoms with Crippen molar-refractivity contribution in [1.29, 1.82) is 0 Å². The minimum Gasteiger partial charge on any atom is -0.396 e. The fraction of sp³-hybridized carbons (Fsp3) is 0.643. The van der Waals surface area contributed by atoms with Crippen LogP contribution in [0, 0.1) is 6.92 Å². The number of carbonyl (C=O) groups is 1. The Morgan fingerprint density at radius 1 is 1.56 bits per heavy atom. The highest BCUT2D eigenvalue weighted by atomic mass is 19.3. The van der Waals surface area contributed by atoms with Gasteiger partial charge in [0.2, 0.25) is 0 Å². The third kappa shape index (κ3) is 3.47. The molecule has 3 atom stereocenters. The molecule has 0 aliphatic carbocycles. The Morgan fingerprint density at radius 3 is 2.80 bits per heavy atom. The molecule has 25 heavy (non-hydrogen) atoms. The lowest BCUT2D eigenvalue weighted by molar-refractivity contribution is -0.382. The van der Waals surface area contributed by atoms with Crippen molar-refractivity contribution in [3.63, 3.8) is 0 Å². The van der Waals surface area contributed by atoms with Crippen LogP contribution in [-0.4, -0.2) is 38.7 Å². The molecule has 1 aliphatic heterocycles. The molecule has 140 valence electrons. The van der Waals surface area contributed by atoms with Crippen molar-refractivity contribution in [3.8, 4) is 0 Å². The van der Waals surface area contributed by atoms with Gasteiger partial charge in [0.25, 0.3) is 5.56 Å². The average molecular weight is 366 g/mol. The lowest BCUT2D eigenvalue weighted by Gasteiger charge is -2.30. The zero-order valence-electron chi connectivity index (χ0n) is 13.4. The smallest absolute Gasteiger partial charge is 0.396 e. The number of nitrogens with one attached hydrogen (secondary N) is 1. The van der Waals surface area contributed by atoms with Gasteiger partial charge in [0.15, 0.2) is 0 Å². The van der Waals surface area contributed by atoms with Crippen molar-refractivity contribution < 1.29 is 32.5 Å². The highest BCUT2D eigenvalue weighted by Gasteiger charge is 2.69. The second-order valence-corrected chi connectivity index (χ2v) is 5.69. The van der Waals surface area contributed by atoms with Crippen LogP contribution in [0.5, 0.6) is 0 Å². The Balaban J connectivity index is 2.31. The van der Waals surface area contributed by atoms with Crippen LogP contribution in [-0.2, 0) is 14.3 Å². The van der Waals surface area contributed by atoms with E-state index in [0.717, 1.165) is 6.20 Å². The molecule has 1 aromatic rings. The van der Waals surface area contributed by atoms with Gasteiger partial charge < -0.3 is 14.6 Å². The molecule has 1 saturated heterocycles. The zero-order chi connectivity index (χ0) is 19.0. The van der Waals surface area contributed by atoms with Crippen molar-refractivity contribution in [2.45, 2.75) is 57.4 Å². The van der Waals surface area contributed by atoms with E-state index in [1.165, 1.54) is 13.8 Å². The lowest BCUT2D eigenvalue weighted by atomic mass is 10.1. The number of esters is 1. The number of nitrogens with zero attached hydrogens (tertiary/aromatic N) is 1. The summed E-state index contributed by atoms with van der Waals surface area (Å²) in [6.07, 6.45) is -8.67. The fourth-order valence-electron chi connectivity index (χ4n) is 2.37. The number of aromatic amines is 1. The molecule has 2 rings (SSSR count). The molecule has 2 heterocycles.